The number of amides is 1. The van der Waals surface area contributed by atoms with Gasteiger partial charge in [-0.25, -0.2) is 31.6 Å². The second kappa shape index (κ2) is 11.3. The fourth-order valence-electron chi connectivity index (χ4n) is 5.70. The Hall–Kier alpha value is -5.14. The van der Waals surface area contributed by atoms with Crippen LogP contribution >= 0.6 is 11.6 Å². The zero-order valence-electron chi connectivity index (χ0n) is 24.7. The van der Waals surface area contributed by atoms with Gasteiger partial charge in [-0.05, 0) is 55.5 Å². The Morgan fingerprint density at radius 1 is 0.936 bits per heavy atom. The molecule has 0 fully saturated rings. The molecule has 0 saturated carbocycles. The van der Waals surface area contributed by atoms with E-state index in [0.29, 0.717) is 39.3 Å². The third kappa shape index (κ3) is 5.02. The number of pyridine rings is 1. The van der Waals surface area contributed by atoms with Crippen molar-refractivity contribution >= 4 is 71.6 Å². The van der Waals surface area contributed by atoms with E-state index in [1.807, 2.05) is 0 Å². The Kier molecular flexibility index (Phi) is 7.32. The molecule has 4 heterocycles. The van der Waals surface area contributed by atoms with Crippen LogP contribution in [0.1, 0.15) is 23.1 Å². The third-order valence-corrected chi connectivity index (χ3v) is 9.45. The predicted octanol–water partition coefficient (Wildman–Crippen LogP) is 7.39. The van der Waals surface area contributed by atoms with Crippen LogP contribution in [0.5, 0.6) is 0 Å². The summed E-state index contributed by atoms with van der Waals surface area (Å²) in [6.07, 6.45) is 0. The van der Waals surface area contributed by atoms with E-state index in [9.17, 15) is 26.4 Å². The lowest BCUT2D eigenvalue weighted by Crippen LogP contribution is -2.18. The highest BCUT2D eigenvalue weighted by molar-refractivity contribution is 7.92. The number of hydrogen-bond donors (Lipinski definition) is 2. The fourth-order valence-corrected chi connectivity index (χ4v) is 6.53. The molecular weight excluding hydrogens is 655 g/mol. The molecule has 7 rings (SSSR count). The summed E-state index contributed by atoms with van der Waals surface area (Å²) in [7, 11) is -2.45. The third-order valence-electron chi connectivity index (χ3n) is 7.92. The van der Waals surface area contributed by atoms with Crippen molar-refractivity contribution in [1.82, 2.24) is 19.7 Å². The van der Waals surface area contributed by atoms with Crippen molar-refractivity contribution in [2.45, 2.75) is 12.8 Å². The number of carbonyl (C=O) groups excluding carboxylic acids is 1. The molecule has 1 amide bonds. The zero-order chi connectivity index (χ0) is 33.2. The molecule has 14 heteroatoms. The maximum Gasteiger partial charge on any atom is 0.255 e. The van der Waals surface area contributed by atoms with Gasteiger partial charge in [0.1, 0.15) is 34.4 Å². The largest absolute Gasteiger partial charge is 0.455 e. The Bertz CT molecular complexity index is 2550. The number of rotatable bonds is 7. The molecule has 0 spiro atoms. The van der Waals surface area contributed by atoms with E-state index < -0.39 is 33.4 Å². The minimum atomic E-state index is -3.84. The number of carbonyl (C=O) groups is 1. The second-order valence-electron chi connectivity index (χ2n) is 10.7. The second-order valence-corrected chi connectivity index (χ2v) is 13.0. The molecule has 9 nitrogen and oxygen atoms in total. The van der Waals surface area contributed by atoms with Gasteiger partial charge in [0.25, 0.3) is 5.91 Å². The van der Waals surface area contributed by atoms with Crippen molar-refractivity contribution in [3.05, 3.63) is 95.6 Å². The van der Waals surface area contributed by atoms with Gasteiger partial charge in [-0.2, -0.15) is 0 Å². The first-order chi connectivity index (χ1) is 22.5. The molecule has 0 radical (unpaired) electrons. The van der Waals surface area contributed by atoms with E-state index >= 15 is 0 Å². The number of anilines is 1. The predicted molar refractivity (Wildman–Crippen MR) is 175 cm³/mol. The van der Waals surface area contributed by atoms with Crippen LogP contribution in [-0.2, 0) is 15.9 Å². The van der Waals surface area contributed by atoms with Gasteiger partial charge < -0.3 is 9.73 Å². The minimum absolute atomic E-state index is 0.0356. The smallest absolute Gasteiger partial charge is 0.255 e. The van der Waals surface area contributed by atoms with E-state index in [1.54, 1.807) is 34.7 Å². The molecule has 0 unspecified atom stereocenters. The number of aromatic nitrogens is 3. The number of fused-ring (bicyclic) bond motifs is 6. The van der Waals surface area contributed by atoms with Gasteiger partial charge in [-0.3, -0.25) is 13.9 Å². The summed E-state index contributed by atoms with van der Waals surface area (Å²) < 4.78 is 79.5. The number of sulfonamides is 1. The molecule has 4 aromatic heterocycles. The number of furan rings is 1. The normalized spacial score (nSPS) is 12.0. The summed E-state index contributed by atoms with van der Waals surface area (Å²) in [5, 5.41) is 3.08. The molecular formula is C33H23ClF3N5O4S. The van der Waals surface area contributed by atoms with E-state index in [-0.39, 0.29) is 56.4 Å². The lowest BCUT2D eigenvalue weighted by molar-refractivity contribution is 0.0964. The van der Waals surface area contributed by atoms with Gasteiger partial charge >= 0.3 is 0 Å². The number of halogens is 4. The number of benzene rings is 3. The lowest BCUT2D eigenvalue weighted by Gasteiger charge is -2.13. The number of nitrogens with zero attached hydrogens (tertiary/aromatic N) is 3. The topological polar surface area (TPSA) is 119 Å². The molecule has 0 aliphatic carbocycles. The Balaban J connectivity index is 1.54. The number of hydrogen-bond acceptors (Lipinski definition) is 6. The van der Waals surface area contributed by atoms with Gasteiger partial charge in [0.15, 0.2) is 5.76 Å². The minimum Gasteiger partial charge on any atom is -0.455 e. The highest BCUT2D eigenvalue weighted by Crippen LogP contribution is 2.41. The van der Waals surface area contributed by atoms with Crippen LogP contribution < -0.4 is 10.0 Å². The molecule has 2 N–H and O–H groups in total. The van der Waals surface area contributed by atoms with Crippen LogP contribution in [0.15, 0.2) is 71.1 Å². The van der Waals surface area contributed by atoms with Gasteiger partial charge in [0, 0.05) is 35.5 Å². The molecule has 3 aromatic carbocycles. The summed E-state index contributed by atoms with van der Waals surface area (Å²) in [6, 6.07) is 15.4. The lowest BCUT2D eigenvalue weighted by atomic mass is 10.0. The Labute approximate surface area is 270 Å². The zero-order valence-corrected chi connectivity index (χ0v) is 26.2. The van der Waals surface area contributed by atoms with Crippen LogP contribution in [0.25, 0.3) is 61.0 Å². The van der Waals surface area contributed by atoms with E-state index in [4.69, 9.17) is 21.0 Å². The fraction of sp³-hybridized carbons (Fsp3) is 0.121. The summed E-state index contributed by atoms with van der Waals surface area (Å²) in [6.45, 7) is 1.47. The quantitative estimate of drug-likeness (QED) is 0.170. The average Bonchev–Trinajstić information content (AvgIpc) is 3.63. The standard InChI is InChI=1S/C33H23ClF3N5O4S/c1-3-47(44,45)41-25-14-28-20(30(33(43)38-2)32(46-28)17-8-7-16(35)11-22(17)37)12-19(25)23-9-10-24-31(40-23)27-13-18-21(36)5-4-6-26(18)42(27)29(15-34)39-24/h4-14,41H,3,15H2,1-2H3,(H,38,43). The van der Waals surface area contributed by atoms with Gasteiger partial charge in [0.2, 0.25) is 10.0 Å². The Morgan fingerprint density at radius 2 is 1.74 bits per heavy atom. The molecule has 0 atom stereocenters. The van der Waals surface area contributed by atoms with Crippen LogP contribution in [0.4, 0.5) is 18.9 Å². The van der Waals surface area contributed by atoms with Crippen LogP contribution in [0.3, 0.4) is 0 Å². The van der Waals surface area contributed by atoms with Crippen LogP contribution in [0.2, 0.25) is 0 Å². The van der Waals surface area contributed by atoms with Gasteiger partial charge in [-0.15, -0.1) is 11.6 Å². The Morgan fingerprint density at radius 3 is 2.47 bits per heavy atom. The highest BCUT2D eigenvalue weighted by atomic mass is 35.5. The summed E-state index contributed by atoms with van der Waals surface area (Å²) >= 11 is 6.25. The van der Waals surface area contributed by atoms with Crippen LogP contribution in [-0.4, -0.2) is 41.5 Å². The summed E-state index contributed by atoms with van der Waals surface area (Å²) in [5.74, 6) is -2.75. The maximum absolute atomic E-state index is 15.0. The van der Waals surface area contributed by atoms with Crippen molar-refractivity contribution in [2.24, 2.45) is 0 Å². The summed E-state index contributed by atoms with van der Waals surface area (Å²) in [4.78, 5) is 22.7. The van der Waals surface area contributed by atoms with Crippen molar-refractivity contribution in [3.8, 4) is 22.6 Å². The molecule has 0 bridgehead atoms. The highest BCUT2D eigenvalue weighted by Gasteiger charge is 2.27. The van der Waals surface area contributed by atoms with Crippen molar-refractivity contribution in [3.63, 3.8) is 0 Å². The SMILES string of the molecule is CCS(=O)(=O)Nc1cc2oc(-c3ccc(F)cc3F)c(C(=O)NC)c2cc1-c1ccc2nc(CCl)n3c4cccc(F)c4cc3c2n1. The molecule has 238 valence electrons. The van der Waals surface area contributed by atoms with Crippen molar-refractivity contribution < 1.29 is 30.8 Å². The maximum atomic E-state index is 15.0. The molecule has 0 aliphatic heterocycles. The summed E-state index contributed by atoms with van der Waals surface area (Å²) in [5.41, 5.74) is 2.35. The first-order valence-corrected chi connectivity index (χ1v) is 16.5. The number of nitrogens with one attached hydrogen (secondary N) is 2. The van der Waals surface area contributed by atoms with Crippen molar-refractivity contribution in [2.75, 3.05) is 17.5 Å². The molecule has 47 heavy (non-hydrogen) atoms. The molecule has 0 aliphatic rings. The first-order valence-electron chi connectivity index (χ1n) is 14.3. The van der Waals surface area contributed by atoms with Gasteiger partial charge in [0.05, 0.1) is 50.7 Å². The van der Waals surface area contributed by atoms with E-state index in [1.165, 1.54) is 32.2 Å². The number of alkyl halides is 1. The first kappa shape index (κ1) is 30.5. The molecule has 0 saturated heterocycles. The average molecular weight is 678 g/mol. The van der Waals surface area contributed by atoms with Crippen LogP contribution in [0, 0.1) is 17.5 Å². The van der Waals surface area contributed by atoms with Gasteiger partial charge in [-0.1, -0.05) is 6.07 Å². The molecule has 7 aromatic rings. The van der Waals surface area contributed by atoms with E-state index in [2.05, 4.69) is 15.0 Å². The van der Waals surface area contributed by atoms with E-state index in [0.717, 1.165) is 12.1 Å². The monoisotopic (exact) mass is 677 g/mol. The van der Waals surface area contributed by atoms with Crippen molar-refractivity contribution in [1.29, 1.82) is 0 Å².